The Bertz CT molecular complexity index is 445. The molecular formula is C14H24N4O2S. The van der Waals surface area contributed by atoms with Crippen LogP contribution in [-0.2, 0) is 4.74 Å². The highest BCUT2D eigenvalue weighted by Gasteiger charge is 2.16. The van der Waals surface area contributed by atoms with Gasteiger partial charge in [0.15, 0.2) is 0 Å². The molecule has 1 heterocycles. The second-order valence-corrected chi connectivity index (χ2v) is 6.70. The monoisotopic (exact) mass is 312 g/mol. The largest absolute Gasteiger partial charge is 0.444 e. The summed E-state index contributed by atoms with van der Waals surface area (Å²) in [5, 5.41) is 5.89. The zero-order chi connectivity index (χ0) is 15.9. The molecule has 1 aromatic heterocycles. The lowest BCUT2D eigenvalue weighted by molar-refractivity contribution is 0.0521. The van der Waals surface area contributed by atoms with Crippen LogP contribution in [0.1, 0.15) is 27.7 Å². The topological polar surface area (TPSA) is 76.1 Å². The average Bonchev–Trinajstić information content (AvgIpc) is 2.41. The van der Waals surface area contributed by atoms with Crippen LogP contribution >= 0.6 is 11.8 Å². The van der Waals surface area contributed by atoms with E-state index < -0.39 is 11.7 Å². The molecule has 21 heavy (non-hydrogen) atoms. The van der Waals surface area contributed by atoms with Crippen LogP contribution in [0, 0.1) is 5.92 Å². The van der Waals surface area contributed by atoms with Crippen LogP contribution in [0.15, 0.2) is 17.3 Å². The minimum atomic E-state index is -0.474. The number of ether oxygens (including phenoxy) is 1. The maximum atomic E-state index is 11.5. The van der Waals surface area contributed by atoms with Crippen LogP contribution in [0.5, 0.6) is 0 Å². The van der Waals surface area contributed by atoms with Gasteiger partial charge in [0.2, 0.25) is 5.95 Å². The second-order valence-electron chi connectivity index (χ2n) is 5.82. The lowest BCUT2D eigenvalue weighted by atomic mass is 10.2. The average molecular weight is 312 g/mol. The zero-order valence-corrected chi connectivity index (χ0v) is 14.1. The molecule has 1 aromatic rings. The molecule has 0 aromatic carbocycles. The Kier molecular flexibility index (Phi) is 6.74. The number of thioether (sulfide) groups is 1. The van der Waals surface area contributed by atoms with Gasteiger partial charge in [-0.1, -0.05) is 6.92 Å². The number of hydrogen-bond donors (Lipinski definition) is 2. The highest BCUT2D eigenvalue weighted by atomic mass is 32.2. The second kappa shape index (κ2) is 8.07. The predicted octanol–water partition coefficient (Wildman–Crippen LogP) is 2.77. The van der Waals surface area contributed by atoms with E-state index in [4.69, 9.17) is 4.74 Å². The van der Waals surface area contributed by atoms with Crippen LogP contribution < -0.4 is 10.6 Å². The fraction of sp³-hybridized carbons (Fsp3) is 0.643. The number of nitrogens with one attached hydrogen (secondary N) is 2. The lowest BCUT2D eigenvalue weighted by Gasteiger charge is -2.20. The van der Waals surface area contributed by atoms with Crippen molar-refractivity contribution in [2.24, 2.45) is 5.92 Å². The Morgan fingerprint density at radius 2 is 1.95 bits per heavy atom. The summed E-state index contributed by atoms with van der Waals surface area (Å²) in [5.41, 5.74) is -0.474. The number of anilines is 1. The fourth-order valence-electron chi connectivity index (χ4n) is 1.42. The van der Waals surface area contributed by atoms with Gasteiger partial charge in [-0.15, -0.1) is 11.8 Å². The first-order valence-corrected chi connectivity index (χ1v) is 8.09. The smallest absolute Gasteiger partial charge is 0.407 e. The van der Waals surface area contributed by atoms with Crippen LogP contribution in [-0.4, -0.2) is 41.0 Å². The minimum Gasteiger partial charge on any atom is -0.444 e. The van der Waals surface area contributed by atoms with Crippen molar-refractivity contribution in [3.05, 3.63) is 12.4 Å². The van der Waals surface area contributed by atoms with Crippen molar-refractivity contribution in [3.8, 4) is 0 Å². The molecule has 7 heteroatoms. The highest BCUT2D eigenvalue weighted by Crippen LogP contribution is 2.12. The zero-order valence-electron chi connectivity index (χ0n) is 13.3. The Morgan fingerprint density at radius 3 is 2.48 bits per heavy atom. The van der Waals surface area contributed by atoms with Crippen molar-refractivity contribution < 1.29 is 9.53 Å². The number of carbonyl (C=O) groups is 1. The van der Waals surface area contributed by atoms with E-state index in [1.54, 1.807) is 24.2 Å². The normalized spacial score (nSPS) is 12.6. The number of hydrogen-bond acceptors (Lipinski definition) is 6. The molecule has 0 aliphatic rings. The van der Waals surface area contributed by atoms with Gasteiger partial charge >= 0.3 is 6.09 Å². The van der Waals surface area contributed by atoms with Gasteiger partial charge in [-0.2, -0.15) is 0 Å². The van der Waals surface area contributed by atoms with Crippen molar-refractivity contribution in [1.82, 2.24) is 15.3 Å². The van der Waals surface area contributed by atoms with Crippen molar-refractivity contribution in [2.45, 2.75) is 38.2 Å². The van der Waals surface area contributed by atoms with E-state index in [1.807, 2.05) is 34.0 Å². The summed E-state index contributed by atoms with van der Waals surface area (Å²) in [6.45, 7) is 8.76. The summed E-state index contributed by atoms with van der Waals surface area (Å²) in [6.07, 6.45) is 5.15. The summed E-state index contributed by atoms with van der Waals surface area (Å²) in [5.74, 6) is 0.832. The number of carbonyl (C=O) groups excluding carboxylic acids is 1. The maximum Gasteiger partial charge on any atom is 0.407 e. The molecule has 0 saturated carbocycles. The van der Waals surface area contributed by atoms with E-state index in [2.05, 4.69) is 20.6 Å². The molecule has 0 unspecified atom stereocenters. The third-order valence-corrected chi connectivity index (χ3v) is 3.15. The van der Waals surface area contributed by atoms with E-state index in [9.17, 15) is 4.79 Å². The molecule has 0 radical (unpaired) electrons. The molecule has 0 saturated heterocycles. The van der Waals surface area contributed by atoms with Crippen LogP contribution in [0.4, 0.5) is 10.7 Å². The summed E-state index contributed by atoms with van der Waals surface area (Å²) >= 11 is 1.60. The van der Waals surface area contributed by atoms with Gasteiger partial charge in [0.05, 0.1) is 0 Å². The van der Waals surface area contributed by atoms with E-state index in [0.29, 0.717) is 19.0 Å². The molecule has 0 bridgehead atoms. The van der Waals surface area contributed by atoms with Crippen molar-refractivity contribution in [3.63, 3.8) is 0 Å². The molecule has 118 valence electrons. The van der Waals surface area contributed by atoms with Crippen LogP contribution in [0.2, 0.25) is 0 Å². The lowest BCUT2D eigenvalue weighted by Crippen LogP contribution is -2.36. The summed E-state index contributed by atoms with van der Waals surface area (Å²) in [4.78, 5) is 21.0. The van der Waals surface area contributed by atoms with Crippen molar-refractivity contribution >= 4 is 23.8 Å². The first kappa shape index (κ1) is 17.6. The third kappa shape index (κ3) is 7.75. The quantitative estimate of drug-likeness (QED) is 0.787. The van der Waals surface area contributed by atoms with Crippen molar-refractivity contribution in [2.75, 3.05) is 24.7 Å². The molecule has 0 aliphatic heterocycles. The third-order valence-electron chi connectivity index (χ3n) is 2.47. The van der Waals surface area contributed by atoms with Gasteiger partial charge in [0.25, 0.3) is 0 Å². The Morgan fingerprint density at radius 1 is 1.33 bits per heavy atom. The van der Waals surface area contributed by atoms with Crippen molar-refractivity contribution in [1.29, 1.82) is 0 Å². The van der Waals surface area contributed by atoms with Gasteiger partial charge in [0.1, 0.15) is 5.60 Å². The maximum absolute atomic E-state index is 11.5. The van der Waals surface area contributed by atoms with Gasteiger partial charge < -0.3 is 15.4 Å². The number of nitrogens with zero attached hydrogens (tertiary/aromatic N) is 2. The molecule has 0 spiro atoms. The summed E-state index contributed by atoms with van der Waals surface area (Å²) in [7, 11) is 0. The fourth-order valence-corrected chi connectivity index (χ4v) is 1.74. The van der Waals surface area contributed by atoms with Crippen LogP contribution in [0.25, 0.3) is 0 Å². The highest BCUT2D eigenvalue weighted by molar-refractivity contribution is 7.98. The Balaban J connectivity index is 2.27. The number of amides is 1. The first-order valence-electron chi connectivity index (χ1n) is 6.87. The minimum absolute atomic E-state index is 0.237. The molecular weight excluding hydrogens is 288 g/mol. The SMILES string of the molecule is CSc1cnc(NC[C@H](C)CNC(=O)OC(C)(C)C)nc1. The molecule has 1 amide bonds. The Hall–Kier alpha value is -1.50. The van der Waals surface area contributed by atoms with E-state index in [1.165, 1.54) is 0 Å². The molecule has 0 aliphatic carbocycles. The molecule has 2 N–H and O–H groups in total. The van der Waals surface area contributed by atoms with Crippen LogP contribution in [0.3, 0.4) is 0 Å². The molecule has 1 rings (SSSR count). The van der Waals surface area contributed by atoms with E-state index >= 15 is 0 Å². The summed E-state index contributed by atoms with van der Waals surface area (Å²) in [6, 6.07) is 0. The van der Waals surface area contributed by atoms with Gasteiger partial charge in [-0.05, 0) is 32.9 Å². The number of rotatable bonds is 6. The Labute approximate surface area is 130 Å². The van der Waals surface area contributed by atoms with E-state index in [0.717, 1.165) is 4.90 Å². The number of aromatic nitrogens is 2. The standard InChI is InChI=1S/C14H24N4O2S/c1-10(7-18-13(19)20-14(2,3)4)6-15-12-16-8-11(21-5)9-17-12/h8-10H,6-7H2,1-5H3,(H,18,19)(H,15,16,17)/t10-/m0/s1. The predicted molar refractivity (Wildman–Crippen MR) is 85.7 cm³/mol. The summed E-state index contributed by atoms with van der Waals surface area (Å²) < 4.78 is 5.18. The van der Waals surface area contributed by atoms with Gasteiger partial charge in [0, 0.05) is 30.4 Å². The molecule has 1 atom stereocenters. The molecule has 0 fully saturated rings. The van der Waals surface area contributed by atoms with Gasteiger partial charge in [-0.25, -0.2) is 14.8 Å². The molecule has 6 nitrogen and oxygen atoms in total. The first-order chi connectivity index (χ1) is 9.80. The van der Waals surface area contributed by atoms with E-state index in [-0.39, 0.29) is 5.92 Å². The van der Waals surface area contributed by atoms with Gasteiger partial charge in [-0.3, -0.25) is 0 Å². The number of alkyl carbamates (subject to hydrolysis) is 1.